The maximum absolute atomic E-state index is 11.3. The van der Waals surface area contributed by atoms with Crippen molar-refractivity contribution in [1.82, 2.24) is 15.0 Å². The molecule has 0 amide bonds. The summed E-state index contributed by atoms with van der Waals surface area (Å²) in [5.74, 6) is 0.394. The Kier molecular flexibility index (Phi) is 4.60. The molecule has 0 aliphatic carbocycles. The summed E-state index contributed by atoms with van der Waals surface area (Å²) in [5, 5.41) is 14.3. The van der Waals surface area contributed by atoms with Crippen LogP contribution in [0.3, 0.4) is 0 Å². The van der Waals surface area contributed by atoms with Gasteiger partial charge in [0.15, 0.2) is 0 Å². The van der Waals surface area contributed by atoms with Crippen molar-refractivity contribution in [2.24, 2.45) is 0 Å². The van der Waals surface area contributed by atoms with Gasteiger partial charge in [-0.3, -0.25) is 15.1 Å². The second kappa shape index (κ2) is 6.60. The van der Waals surface area contributed by atoms with E-state index in [9.17, 15) is 10.1 Å². The zero-order valence-corrected chi connectivity index (χ0v) is 11.7. The Bertz CT molecular complexity index is 620. The first-order valence-corrected chi connectivity index (χ1v) is 6.45. The summed E-state index contributed by atoms with van der Waals surface area (Å²) in [6.45, 7) is 3.88. The van der Waals surface area contributed by atoms with Gasteiger partial charge in [0.25, 0.3) is 0 Å². The fourth-order valence-electron chi connectivity index (χ4n) is 1.56. The fraction of sp³-hybridized carbons (Fsp3) is 0.308. The third kappa shape index (κ3) is 3.62. The second-order valence-electron chi connectivity index (χ2n) is 4.38. The number of nitro groups is 1. The number of nitrogens with zero attached hydrogens (tertiary/aromatic N) is 4. The molecule has 8 nitrogen and oxygen atoms in total. The second-order valence-corrected chi connectivity index (χ2v) is 4.38. The van der Waals surface area contributed by atoms with Gasteiger partial charge in [-0.05, 0) is 25.5 Å². The first-order chi connectivity index (χ1) is 10.1. The molecule has 1 atom stereocenters. The number of ether oxygens (including phenoxy) is 1. The Morgan fingerprint density at radius 3 is 2.90 bits per heavy atom. The standard InChI is InChI=1S/C13H15N5O3/c1-3-9(2)17-12-11(18(19)20)13(16-8-15-12)21-10-5-4-6-14-7-10/h4-9H,3H2,1-2H3,(H,15,16,17). The van der Waals surface area contributed by atoms with Crippen molar-refractivity contribution in [3.8, 4) is 11.6 Å². The zero-order chi connectivity index (χ0) is 15.2. The van der Waals surface area contributed by atoms with Crippen molar-refractivity contribution < 1.29 is 9.66 Å². The molecule has 2 heterocycles. The Balaban J connectivity index is 2.36. The minimum atomic E-state index is -0.559. The van der Waals surface area contributed by atoms with Gasteiger partial charge in [-0.2, -0.15) is 4.98 Å². The largest absolute Gasteiger partial charge is 0.432 e. The smallest absolute Gasteiger partial charge is 0.373 e. The van der Waals surface area contributed by atoms with E-state index in [1.807, 2.05) is 13.8 Å². The topological polar surface area (TPSA) is 103 Å². The molecule has 0 bridgehead atoms. The molecule has 2 aromatic rings. The number of rotatable bonds is 6. The predicted octanol–water partition coefficient (Wildman–Crippen LogP) is 2.78. The lowest BCUT2D eigenvalue weighted by Crippen LogP contribution is -2.16. The molecule has 1 N–H and O–H groups in total. The van der Waals surface area contributed by atoms with Crippen LogP contribution < -0.4 is 10.1 Å². The molecule has 2 aromatic heterocycles. The quantitative estimate of drug-likeness (QED) is 0.644. The van der Waals surface area contributed by atoms with Gasteiger partial charge in [0, 0.05) is 12.2 Å². The van der Waals surface area contributed by atoms with Crippen molar-refractivity contribution in [3.05, 3.63) is 41.0 Å². The van der Waals surface area contributed by atoms with Gasteiger partial charge in [-0.15, -0.1) is 0 Å². The van der Waals surface area contributed by atoms with E-state index in [0.29, 0.717) is 5.75 Å². The van der Waals surface area contributed by atoms with E-state index in [-0.39, 0.29) is 23.4 Å². The normalized spacial score (nSPS) is 11.7. The maximum Gasteiger partial charge on any atom is 0.373 e. The van der Waals surface area contributed by atoms with E-state index < -0.39 is 4.92 Å². The lowest BCUT2D eigenvalue weighted by molar-refractivity contribution is -0.385. The number of hydrogen-bond donors (Lipinski definition) is 1. The monoisotopic (exact) mass is 289 g/mol. The molecule has 0 spiro atoms. The first kappa shape index (κ1) is 14.6. The average Bonchev–Trinajstić information content (AvgIpc) is 2.48. The highest BCUT2D eigenvalue weighted by atomic mass is 16.6. The molecule has 0 aliphatic rings. The van der Waals surface area contributed by atoms with Crippen molar-refractivity contribution in [1.29, 1.82) is 0 Å². The summed E-state index contributed by atoms with van der Waals surface area (Å²) in [5.41, 5.74) is -0.290. The molecular weight excluding hydrogens is 274 g/mol. The molecule has 1 unspecified atom stereocenters. The molecule has 110 valence electrons. The molecule has 0 saturated carbocycles. The first-order valence-electron chi connectivity index (χ1n) is 6.45. The van der Waals surface area contributed by atoms with Crippen LogP contribution in [0.4, 0.5) is 11.5 Å². The Labute approximate surface area is 121 Å². The summed E-state index contributed by atoms with van der Waals surface area (Å²) < 4.78 is 5.43. The van der Waals surface area contributed by atoms with Crippen LogP contribution in [0, 0.1) is 10.1 Å². The van der Waals surface area contributed by atoms with E-state index in [1.165, 1.54) is 12.5 Å². The minimum absolute atomic E-state index is 0.0461. The van der Waals surface area contributed by atoms with Crippen molar-refractivity contribution in [2.75, 3.05) is 5.32 Å². The highest BCUT2D eigenvalue weighted by Gasteiger charge is 2.25. The summed E-state index contributed by atoms with van der Waals surface area (Å²) in [7, 11) is 0. The lowest BCUT2D eigenvalue weighted by Gasteiger charge is -2.13. The summed E-state index contributed by atoms with van der Waals surface area (Å²) >= 11 is 0. The summed E-state index contributed by atoms with van der Waals surface area (Å²) in [6, 6.07) is 3.35. The van der Waals surface area contributed by atoms with Gasteiger partial charge >= 0.3 is 11.6 Å². The molecule has 21 heavy (non-hydrogen) atoms. The fourth-order valence-corrected chi connectivity index (χ4v) is 1.56. The van der Waals surface area contributed by atoms with E-state index in [1.54, 1.807) is 18.3 Å². The van der Waals surface area contributed by atoms with Crippen LogP contribution in [0.2, 0.25) is 0 Å². The van der Waals surface area contributed by atoms with Crippen LogP contribution in [-0.4, -0.2) is 25.9 Å². The average molecular weight is 289 g/mol. The van der Waals surface area contributed by atoms with Crippen molar-refractivity contribution in [3.63, 3.8) is 0 Å². The number of anilines is 1. The van der Waals surface area contributed by atoms with Gasteiger partial charge in [0.1, 0.15) is 12.1 Å². The summed E-state index contributed by atoms with van der Waals surface area (Å²) in [4.78, 5) is 22.4. The SMILES string of the molecule is CCC(C)Nc1ncnc(Oc2cccnc2)c1[N+](=O)[O-]. The Morgan fingerprint density at radius 1 is 1.48 bits per heavy atom. The molecule has 0 saturated heterocycles. The maximum atomic E-state index is 11.3. The molecule has 8 heteroatoms. The Morgan fingerprint density at radius 2 is 2.29 bits per heavy atom. The van der Waals surface area contributed by atoms with Crippen LogP contribution in [0.25, 0.3) is 0 Å². The van der Waals surface area contributed by atoms with Gasteiger partial charge in [-0.25, -0.2) is 4.98 Å². The lowest BCUT2D eigenvalue weighted by atomic mass is 10.2. The van der Waals surface area contributed by atoms with E-state index >= 15 is 0 Å². The van der Waals surface area contributed by atoms with Crippen LogP contribution in [0.15, 0.2) is 30.9 Å². The minimum Gasteiger partial charge on any atom is -0.432 e. The van der Waals surface area contributed by atoms with Gasteiger partial charge < -0.3 is 10.1 Å². The number of hydrogen-bond acceptors (Lipinski definition) is 7. The molecule has 0 aliphatic heterocycles. The molecule has 0 aromatic carbocycles. The van der Waals surface area contributed by atoms with Crippen LogP contribution in [-0.2, 0) is 0 Å². The number of nitrogens with one attached hydrogen (secondary N) is 1. The van der Waals surface area contributed by atoms with Gasteiger partial charge in [-0.1, -0.05) is 6.92 Å². The zero-order valence-electron chi connectivity index (χ0n) is 11.7. The predicted molar refractivity (Wildman–Crippen MR) is 76.4 cm³/mol. The highest BCUT2D eigenvalue weighted by molar-refractivity contribution is 5.62. The number of pyridine rings is 1. The summed E-state index contributed by atoms with van der Waals surface area (Å²) in [6.07, 6.45) is 5.06. The van der Waals surface area contributed by atoms with Crippen molar-refractivity contribution >= 4 is 11.5 Å². The van der Waals surface area contributed by atoms with Crippen LogP contribution in [0.1, 0.15) is 20.3 Å². The molecule has 0 fully saturated rings. The Hall–Kier alpha value is -2.77. The third-order valence-corrected chi connectivity index (χ3v) is 2.82. The highest BCUT2D eigenvalue weighted by Crippen LogP contribution is 2.34. The van der Waals surface area contributed by atoms with E-state index in [0.717, 1.165) is 6.42 Å². The molecule has 2 rings (SSSR count). The van der Waals surface area contributed by atoms with E-state index in [2.05, 4.69) is 20.3 Å². The third-order valence-electron chi connectivity index (χ3n) is 2.82. The van der Waals surface area contributed by atoms with Crippen molar-refractivity contribution in [2.45, 2.75) is 26.3 Å². The van der Waals surface area contributed by atoms with Gasteiger partial charge in [0.05, 0.1) is 11.1 Å². The van der Waals surface area contributed by atoms with Crippen LogP contribution >= 0.6 is 0 Å². The number of aromatic nitrogens is 3. The molecule has 0 radical (unpaired) electrons. The van der Waals surface area contributed by atoms with Crippen LogP contribution in [0.5, 0.6) is 11.6 Å². The molecular formula is C13H15N5O3. The van der Waals surface area contributed by atoms with E-state index in [4.69, 9.17) is 4.74 Å². The van der Waals surface area contributed by atoms with Gasteiger partial charge in [0.2, 0.25) is 5.82 Å².